The van der Waals surface area contributed by atoms with E-state index >= 15 is 0 Å². The highest BCUT2D eigenvalue weighted by Crippen LogP contribution is 2.23. The molecule has 96 valence electrons. The van der Waals surface area contributed by atoms with Crippen LogP contribution < -0.4 is 4.90 Å². The molecule has 2 aromatic rings. The number of pyridine rings is 1. The van der Waals surface area contributed by atoms with Gasteiger partial charge in [-0.25, -0.2) is 4.98 Å². The zero-order chi connectivity index (χ0) is 13.8. The summed E-state index contributed by atoms with van der Waals surface area (Å²) in [4.78, 5) is 6.12. The quantitative estimate of drug-likeness (QED) is 0.805. The Kier molecular flexibility index (Phi) is 4.26. The van der Waals surface area contributed by atoms with Crippen molar-refractivity contribution in [2.75, 3.05) is 11.9 Å². The van der Waals surface area contributed by atoms with Gasteiger partial charge < -0.3 is 4.90 Å². The molecule has 0 amide bonds. The highest BCUT2D eigenvalue weighted by molar-refractivity contribution is 6.32. The SMILES string of the molecule is CN(Cc1nc(Cl)ccc1Cl)c1ccccc1C#N. The van der Waals surface area contributed by atoms with Crippen molar-refractivity contribution in [1.82, 2.24) is 4.98 Å². The lowest BCUT2D eigenvalue weighted by atomic mass is 10.2. The molecule has 0 saturated heterocycles. The number of rotatable bonds is 3. The number of anilines is 1. The average molecular weight is 292 g/mol. The number of aromatic nitrogens is 1. The van der Waals surface area contributed by atoms with E-state index in [0.29, 0.717) is 28.0 Å². The monoisotopic (exact) mass is 291 g/mol. The summed E-state index contributed by atoms with van der Waals surface area (Å²) in [5, 5.41) is 10.1. The molecule has 5 heteroatoms. The molecule has 0 bridgehead atoms. The average Bonchev–Trinajstić information content (AvgIpc) is 2.42. The van der Waals surface area contributed by atoms with Gasteiger partial charge in [0.25, 0.3) is 0 Å². The van der Waals surface area contributed by atoms with Crippen LogP contribution in [0.25, 0.3) is 0 Å². The number of para-hydroxylation sites is 1. The largest absolute Gasteiger partial charge is 0.368 e. The van der Waals surface area contributed by atoms with Crippen molar-refractivity contribution >= 4 is 28.9 Å². The smallest absolute Gasteiger partial charge is 0.129 e. The van der Waals surface area contributed by atoms with Crippen LogP contribution in [0.4, 0.5) is 5.69 Å². The molecule has 0 radical (unpaired) electrons. The lowest BCUT2D eigenvalue weighted by Gasteiger charge is -2.20. The second kappa shape index (κ2) is 5.92. The molecule has 0 atom stereocenters. The first-order valence-electron chi connectivity index (χ1n) is 5.63. The fourth-order valence-corrected chi connectivity index (χ4v) is 2.11. The third-order valence-corrected chi connectivity index (χ3v) is 3.26. The standard InChI is InChI=1S/C14H11Cl2N3/c1-19(13-5-3-2-4-10(13)8-17)9-12-11(15)6-7-14(16)18-12/h2-7H,9H2,1H3. The van der Waals surface area contributed by atoms with E-state index < -0.39 is 0 Å². The van der Waals surface area contributed by atoms with Crippen LogP contribution in [-0.4, -0.2) is 12.0 Å². The zero-order valence-corrected chi connectivity index (χ0v) is 11.8. The van der Waals surface area contributed by atoms with E-state index in [4.69, 9.17) is 28.5 Å². The first-order valence-corrected chi connectivity index (χ1v) is 6.38. The number of hydrogen-bond donors (Lipinski definition) is 0. The van der Waals surface area contributed by atoms with E-state index in [2.05, 4.69) is 11.1 Å². The van der Waals surface area contributed by atoms with Crippen LogP contribution in [0.1, 0.15) is 11.3 Å². The van der Waals surface area contributed by atoms with Gasteiger partial charge in [0.15, 0.2) is 0 Å². The Morgan fingerprint density at radius 2 is 1.95 bits per heavy atom. The predicted octanol–water partition coefficient (Wildman–Crippen LogP) is 3.90. The van der Waals surface area contributed by atoms with Crippen molar-refractivity contribution in [3.8, 4) is 6.07 Å². The van der Waals surface area contributed by atoms with Crippen LogP contribution >= 0.6 is 23.2 Å². The van der Waals surface area contributed by atoms with Gasteiger partial charge in [-0.05, 0) is 24.3 Å². The van der Waals surface area contributed by atoms with Crippen LogP contribution in [0.5, 0.6) is 0 Å². The number of halogens is 2. The maximum atomic E-state index is 9.09. The molecule has 1 heterocycles. The summed E-state index contributed by atoms with van der Waals surface area (Å²) in [6.45, 7) is 0.484. The maximum absolute atomic E-state index is 9.09. The van der Waals surface area contributed by atoms with Crippen molar-refractivity contribution in [1.29, 1.82) is 5.26 Å². The predicted molar refractivity (Wildman–Crippen MR) is 77.5 cm³/mol. The Bertz CT molecular complexity index is 635. The van der Waals surface area contributed by atoms with Crippen LogP contribution in [-0.2, 0) is 6.54 Å². The van der Waals surface area contributed by atoms with Crippen molar-refractivity contribution in [2.24, 2.45) is 0 Å². The summed E-state index contributed by atoms with van der Waals surface area (Å²) in [7, 11) is 1.88. The maximum Gasteiger partial charge on any atom is 0.129 e. The summed E-state index contributed by atoms with van der Waals surface area (Å²) in [5.41, 5.74) is 2.13. The van der Waals surface area contributed by atoms with Gasteiger partial charge in [0.05, 0.1) is 28.5 Å². The fraction of sp³-hybridized carbons (Fsp3) is 0.143. The number of benzene rings is 1. The molecule has 0 fully saturated rings. The molecule has 19 heavy (non-hydrogen) atoms. The summed E-state index contributed by atoms with van der Waals surface area (Å²) in [6, 6.07) is 12.9. The highest BCUT2D eigenvalue weighted by Gasteiger charge is 2.10. The third kappa shape index (κ3) is 3.17. The number of nitrogens with zero attached hydrogens (tertiary/aromatic N) is 3. The van der Waals surface area contributed by atoms with E-state index in [9.17, 15) is 0 Å². The minimum atomic E-state index is 0.404. The molecule has 0 saturated carbocycles. The minimum Gasteiger partial charge on any atom is -0.368 e. The van der Waals surface area contributed by atoms with E-state index in [1.165, 1.54) is 0 Å². The van der Waals surface area contributed by atoms with E-state index in [1.807, 2.05) is 30.1 Å². The molecular formula is C14H11Cl2N3. The van der Waals surface area contributed by atoms with Gasteiger partial charge in [-0.1, -0.05) is 35.3 Å². The summed E-state index contributed by atoms with van der Waals surface area (Å²) < 4.78 is 0. The first-order chi connectivity index (χ1) is 9.11. The van der Waals surface area contributed by atoms with Crippen molar-refractivity contribution in [2.45, 2.75) is 6.54 Å². The Labute approximate surface area is 122 Å². The number of hydrogen-bond acceptors (Lipinski definition) is 3. The van der Waals surface area contributed by atoms with Crippen LogP contribution in [0.3, 0.4) is 0 Å². The van der Waals surface area contributed by atoms with Gasteiger partial charge in [0.2, 0.25) is 0 Å². The Balaban J connectivity index is 2.28. The van der Waals surface area contributed by atoms with Gasteiger partial charge in [-0.2, -0.15) is 5.26 Å². The van der Waals surface area contributed by atoms with Gasteiger partial charge in [0, 0.05) is 7.05 Å². The van der Waals surface area contributed by atoms with Crippen molar-refractivity contribution in [3.63, 3.8) is 0 Å². The van der Waals surface area contributed by atoms with Crippen LogP contribution in [0.2, 0.25) is 10.2 Å². The molecule has 0 aliphatic carbocycles. The third-order valence-electron chi connectivity index (χ3n) is 2.71. The van der Waals surface area contributed by atoms with Gasteiger partial charge in [0.1, 0.15) is 11.2 Å². The molecule has 1 aromatic carbocycles. The molecule has 0 spiro atoms. The Morgan fingerprint density at radius 1 is 1.21 bits per heavy atom. The molecule has 3 nitrogen and oxygen atoms in total. The molecule has 0 aliphatic heterocycles. The topological polar surface area (TPSA) is 39.9 Å². The molecule has 0 aliphatic rings. The minimum absolute atomic E-state index is 0.404. The van der Waals surface area contributed by atoms with Crippen molar-refractivity contribution < 1.29 is 0 Å². The first kappa shape index (κ1) is 13.7. The molecule has 1 aromatic heterocycles. The highest BCUT2D eigenvalue weighted by atomic mass is 35.5. The molecule has 0 N–H and O–H groups in total. The lowest BCUT2D eigenvalue weighted by molar-refractivity contribution is 0.884. The zero-order valence-electron chi connectivity index (χ0n) is 10.3. The van der Waals surface area contributed by atoms with E-state index in [0.717, 1.165) is 5.69 Å². The van der Waals surface area contributed by atoms with Gasteiger partial charge in [-0.15, -0.1) is 0 Å². The summed E-state index contributed by atoms with van der Waals surface area (Å²) >= 11 is 12.0. The number of nitriles is 1. The molecule has 2 rings (SSSR count). The summed E-state index contributed by atoms with van der Waals surface area (Å²) in [6.07, 6.45) is 0. The van der Waals surface area contributed by atoms with Gasteiger partial charge in [-0.3, -0.25) is 0 Å². The Morgan fingerprint density at radius 3 is 2.68 bits per heavy atom. The van der Waals surface area contributed by atoms with Crippen LogP contribution in [0.15, 0.2) is 36.4 Å². The van der Waals surface area contributed by atoms with E-state index in [-0.39, 0.29) is 0 Å². The molecular weight excluding hydrogens is 281 g/mol. The molecule has 0 unspecified atom stereocenters. The second-order valence-electron chi connectivity index (χ2n) is 4.05. The normalized spacial score (nSPS) is 10.0. The lowest BCUT2D eigenvalue weighted by Crippen LogP contribution is -2.18. The second-order valence-corrected chi connectivity index (χ2v) is 4.84. The van der Waals surface area contributed by atoms with Crippen LogP contribution in [0, 0.1) is 11.3 Å². The van der Waals surface area contributed by atoms with E-state index in [1.54, 1.807) is 18.2 Å². The summed E-state index contributed by atoms with van der Waals surface area (Å²) in [5.74, 6) is 0. The fourth-order valence-electron chi connectivity index (χ4n) is 1.78. The van der Waals surface area contributed by atoms with Gasteiger partial charge >= 0.3 is 0 Å². The van der Waals surface area contributed by atoms with Crippen molar-refractivity contribution in [3.05, 3.63) is 57.8 Å². The Hall–Kier alpha value is -1.76.